The fourth-order valence-electron chi connectivity index (χ4n) is 3.32. The van der Waals surface area contributed by atoms with Gasteiger partial charge in [0.2, 0.25) is 0 Å². The lowest BCUT2D eigenvalue weighted by atomic mass is 9.84. The van der Waals surface area contributed by atoms with E-state index < -0.39 is 0 Å². The molecule has 0 saturated heterocycles. The monoisotopic (exact) mass is 299 g/mol. The van der Waals surface area contributed by atoms with Gasteiger partial charge < -0.3 is 5.32 Å². The minimum absolute atomic E-state index is 0.646. The summed E-state index contributed by atoms with van der Waals surface area (Å²) in [7, 11) is 0. The minimum Gasteiger partial charge on any atom is -0.309 e. The van der Waals surface area contributed by atoms with Crippen molar-refractivity contribution in [3.05, 3.63) is 46.7 Å². The Bertz CT molecular complexity index is 540. The average Bonchev–Trinajstić information content (AvgIpc) is 3.03. The second kappa shape index (κ2) is 7.24. The molecule has 0 amide bonds. The van der Waals surface area contributed by atoms with Crippen LogP contribution in [-0.2, 0) is 6.54 Å². The lowest BCUT2D eigenvalue weighted by molar-refractivity contribution is 0.281. The van der Waals surface area contributed by atoms with Crippen molar-refractivity contribution in [2.75, 3.05) is 0 Å². The van der Waals surface area contributed by atoms with Crippen molar-refractivity contribution in [1.82, 2.24) is 5.32 Å². The van der Waals surface area contributed by atoms with Crippen molar-refractivity contribution >= 4 is 11.3 Å². The number of nitrogens with one attached hydrogen (secondary N) is 1. The first kappa shape index (κ1) is 14.8. The van der Waals surface area contributed by atoms with Gasteiger partial charge in [-0.25, -0.2) is 0 Å². The van der Waals surface area contributed by atoms with Crippen LogP contribution in [0.5, 0.6) is 0 Å². The summed E-state index contributed by atoms with van der Waals surface area (Å²) in [4.78, 5) is 1.44. The molecular formula is C19H25NS. The molecule has 1 aliphatic carbocycles. The molecule has 1 aliphatic rings. The molecule has 2 aromatic rings. The largest absolute Gasteiger partial charge is 0.309 e. The van der Waals surface area contributed by atoms with E-state index in [0.29, 0.717) is 6.04 Å². The van der Waals surface area contributed by atoms with Crippen LogP contribution >= 0.6 is 11.3 Å². The van der Waals surface area contributed by atoms with E-state index >= 15 is 0 Å². The van der Waals surface area contributed by atoms with Crippen molar-refractivity contribution in [3.63, 3.8) is 0 Å². The van der Waals surface area contributed by atoms with Crippen molar-refractivity contribution < 1.29 is 0 Å². The highest BCUT2D eigenvalue weighted by Crippen LogP contribution is 2.28. The summed E-state index contributed by atoms with van der Waals surface area (Å²) < 4.78 is 0. The van der Waals surface area contributed by atoms with Crippen LogP contribution in [-0.4, -0.2) is 6.04 Å². The molecule has 21 heavy (non-hydrogen) atoms. The van der Waals surface area contributed by atoms with Gasteiger partial charge in [0.15, 0.2) is 0 Å². The predicted octanol–water partition coefficient (Wildman–Crippen LogP) is 5.47. The SMILES string of the molecule is CC(NCc1cc(-c2ccccc2)cs1)C1CCCCC1. The predicted molar refractivity (Wildman–Crippen MR) is 92.6 cm³/mol. The highest BCUT2D eigenvalue weighted by atomic mass is 32.1. The highest BCUT2D eigenvalue weighted by molar-refractivity contribution is 7.10. The second-order valence-electron chi connectivity index (χ2n) is 6.24. The maximum atomic E-state index is 3.74. The van der Waals surface area contributed by atoms with E-state index in [1.54, 1.807) is 0 Å². The number of hydrogen-bond donors (Lipinski definition) is 1. The van der Waals surface area contributed by atoms with Crippen molar-refractivity contribution in [1.29, 1.82) is 0 Å². The number of rotatable bonds is 5. The van der Waals surface area contributed by atoms with Crippen LogP contribution in [0.1, 0.15) is 43.9 Å². The van der Waals surface area contributed by atoms with Crippen LogP contribution in [0.2, 0.25) is 0 Å². The molecule has 2 heteroatoms. The van der Waals surface area contributed by atoms with Crippen LogP contribution in [0.25, 0.3) is 11.1 Å². The number of hydrogen-bond acceptors (Lipinski definition) is 2. The molecule has 1 saturated carbocycles. The van der Waals surface area contributed by atoms with E-state index in [1.807, 2.05) is 11.3 Å². The number of benzene rings is 1. The zero-order valence-corrected chi connectivity index (χ0v) is 13.7. The van der Waals surface area contributed by atoms with Gasteiger partial charge in [-0.15, -0.1) is 11.3 Å². The molecule has 1 aromatic carbocycles. The van der Waals surface area contributed by atoms with E-state index in [1.165, 1.54) is 48.1 Å². The maximum absolute atomic E-state index is 3.74. The summed E-state index contributed by atoms with van der Waals surface area (Å²) in [6.07, 6.45) is 7.11. The third-order valence-electron chi connectivity index (χ3n) is 4.72. The third-order valence-corrected chi connectivity index (χ3v) is 5.65. The smallest absolute Gasteiger partial charge is 0.0302 e. The van der Waals surface area contributed by atoms with Crippen molar-refractivity contribution in [2.24, 2.45) is 5.92 Å². The van der Waals surface area contributed by atoms with E-state index in [9.17, 15) is 0 Å². The minimum atomic E-state index is 0.646. The third kappa shape index (κ3) is 3.96. The van der Waals surface area contributed by atoms with Crippen LogP contribution in [0.15, 0.2) is 41.8 Å². The van der Waals surface area contributed by atoms with Crippen LogP contribution in [0.3, 0.4) is 0 Å². The molecule has 1 N–H and O–H groups in total. The first-order valence-corrected chi connectivity index (χ1v) is 9.07. The molecule has 1 unspecified atom stereocenters. The Morgan fingerprint density at radius 1 is 1.10 bits per heavy atom. The van der Waals surface area contributed by atoms with Crippen LogP contribution in [0, 0.1) is 5.92 Å². The van der Waals surface area contributed by atoms with Crippen molar-refractivity contribution in [2.45, 2.75) is 51.6 Å². The summed E-state index contributed by atoms with van der Waals surface area (Å²) in [6, 6.07) is 13.6. The van der Waals surface area contributed by atoms with Gasteiger partial charge in [0, 0.05) is 17.5 Å². The van der Waals surface area contributed by atoms with E-state index in [0.717, 1.165) is 12.5 Å². The Balaban J connectivity index is 1.55. The Kier molecular flexibility index (Phi) is 5.10. The van der Waals surface area contributed by atoms with Gasteiger partial charge in [-0.05, 0) is 48.3 Å². The Labute approximate surface area is 132 Å². The zero-order valence-electron chi connectivity index (χ0n) is 12.8. The fraction of sp³-hybridized carbons (Fsp3) is 0.474. The fourth-order valence-corrected chi connectivity index (χ4v) is 4.16. The van der Waals surface area contributed by atoms with E-state index in [4.69, 9.17) is 0 Å². The second-order valence-corrected chi connectivity index (χ2v) is 7.23. The lowest BCUT2D eigenvalue weighted by Crippen LogP contribution is -2.33. The molecule has 1 aromatic heterocycles. The summed E-state index contributed by atoms with van der Waals surface area (Å²) in [5.74, 6) is 0.882. The molecule has 0 spiro atoms. The zero-order chi connectivity index (χ0) is 14.5. The molecule has 0 aliphatic heterocycles. The van der Waals surface area contributed by atoms with Crippen LogP contribution < -0.4 is 5.32 Å². The standard InChI is InChI=1S/C19H25NS/c1-15(16-8-4-2-5-9-16)20-13-19-12-18(14-21-19)17-10-6-3-7-11-17/h3,6-7,10-12,14-16,20H,2,4-5,8-9,13H2,1H3. The van der Waals surface area contributed by atoms with Gasteiger partial charge in [0.05, 0.1) is 0 Å². The molecule has 3 rings (SSSR count). The maximum Gasteiger partial charge on any atom is 0.0302 e. The topological polar surface area (TPSA) is 12.0 Å². The Morgan fingerprint density at radius 3 is 2.62 bits per heavy atom. The molecule has 1 atom stereocenters. The first-order valence-electron chi connectivity index (χ1n) is 8.19. The molecule has 1 nitrogen and oxygen atoms in total. The molecular weight excluding hydrogens is 274 g/mol. The van der Waals surface area contributed by atoms with Gasteiger partial charge in [0.1, 0.15) is 0 Å². The molecule has 112 valence electrons. The first-order chi connectivity index (χ1) is 10.3. The Hall–Kier alpha value is -1.12. The van der Waals surface area contributed by atoms with Gasteiger partial charge in [-0.3, -0.25) is 0 Å². The summed E-state index contributed by atoms with van der Waals surface area (Å²) in [6.45, 7) is 3.37. The highest BCUT2D eigenvalue weighted by Gasteiger charge is 2.19. The summed E-state index contributed by atoms with van der Waals surface area (Å²) >= 11 is 1.87. The van der Waals surface area contributed by atoms with E-state index in [2.05, 4.69) is 54.0 Å². The molecule has 1 fully saturated rings. The molecule has 1 heterocycles. The molecule has 0 radical (unpaired) electrons. The normalized spacial score (nSPS) is 17.8. The number of thiophene rings is 1. The van der Waals surface area contributed by atoms with Crippen molar-refractivity contribution in [3.8, 4) is 11.1 Å². The quantitative estimate of drug-likeness (QED) is 0.771. The van der Waals surface area contributed by atoms with E-state index in [-0.39, 0.29) is 0 Å². The van der Waals surface area contributed by atoms with Gasteiger partial charge in [-0.2, -0.15) is 0 Å². The van der Waals surface area contributed by atoms with Gasteiger partial charge in [-0.1, -0.05) is 49.6 Å². The summed E-state index contributed by atoms with van der Waals surface area (Å²) in [5, 5.41) is 6.02. The van der Waals surface area contributed by atoms with Gasteiger partial charge >= 0.3 is 0 Å². The summed E-state index contributed by atoms with van der Waals surface area (Å²) in [5.41, 5.74) is 2.67. The van der Waals surface area contributed by atoms with Gasteiger partial charge in [0.25, 0.3) is 0 Å². The van der Waals surface area contributed by atoms with Crippen LogP contribution in [0.4, 0.5) is 0 Å². The Morgan fingerprint density at radius 2 is 1.86 bits per heavy atom. The lowest BCUT2D eigenvalue weighted by Gasteiger charge is -2.28. The molecule has 0 bridgehead atoms. The average molecular weight is 299 g/mol.